The number of β-amino-alcohol motifs (C(OH)–C–C–N with tert-alkyl or cyclic N) is 1. The first-order chi connectivity index (χ1) is 7.45. The van der Waals surface area contributed by atoms with Crippen LogP contribution in [0.3, 0.4) is 0 Å². The summed E-state index contributed by atoms with van der Waals surface area (Å²) in [6, 6.07) is 0. The van der Waals surface area contributed by atoms with Gasteiger partial charge in [-0.05, 0) is 38.1 Å². The normalized spacial score (nSPS) is 27.0. The molecular weight excluding hydrogens is 202 g/mol. The van der Waals surface area contributed by atoms with Crippen LogP contribution in [-0.4, -0.2) is 49.0 Å². The van der Waals surface area contributed by atoms with Crippen molar-refractivity contribution in [1.29, 1.82) is 0 Å². The van der Waals surface area contributed by atoms with E-state index in [0.717, 1.165) is 26.2 Å². The lowest BCUT2D eigenvalue weighted by Gasteiger charge is -2.38. The molecule has 3 heteroatoms. The highest BCUT2D eigenvalue weighted by Crippen LogP contribution is 2.22. The maximum atomic E-state index is 10.3. The van der Waals surface area contributed by atoms with E-state index in [1.54, 1.807) is 7.11 Å². The lowest BCUT2D eigenvalue weighted by molar-refractivity contribution is -0.0319. The lowest BCUT2D eigenvalue weighted by atomic mass is 9.90. The molecule has 1 saturated heterocycles. The van der Waals surface area contributed by atoms with E-state index in [-0.39, 0.29) is 0 Å². The van der Waals surface area contributed by atoms with Crippen LogP contribution in [0.4, 0.5) is 0 Å². The molecule has 0 aliphatic carbocycles. The van der Waals surface area contributed by atoms with E-state index in [2.05, 4.69) is 18.7 Å². The van der Waals surface area contributed by atoms with Crippen molar-refractivity contribution in [2.75, 3.05) is 33.4 Å². The van der Waals surface area contributed by atoms with Gasteiger partial charge in [-0.2, -0.15) is 0 Å². The Morgan fingerprint density at radius 2 is 2.19 bits per heavy atom. The molecule has 1 aliphatic rings. The number of methoxy groups -OCH3 is 1. The van der Waals surface area contributed by atoms with Crippen molar-refractivity contribution in [1.82, 2.24) is 4.90 Å². The summed E-state index contributed by atoms with van der Waals surface area (Å²) >= 11 is 0. The van der Waals surface area contributed by atoms with Crippen LogP contribution >= 0.6 is 0 Å². The highest BCUT2D eigenvalue weighted by atomic mass is 16.5. The smallest absolute Gasteiger partial charge is 0.0768 e. The molecule has 16 heavy (non-hydrogen) atoms. The topological polar surface area (TPSA) is 32.7 Å². The third-order valence-electron chi connectivity index (χ3n) is 3.79. The summed E-state index contributed by atoms with van der Waals surface area (Å²) in [6.45, 7) is 9.91. The van der Waals surface area contributed by atoms with Crippen LogP contribution in [0.25, 0.3) is 0 Å². The van der Waals surface area contributed by atoms with E-state index in [9.17, 15) is 5.11 Å². The van der Waals surface area contributed by atoms with Crippen LogP contribution in [0.1, 0.15) is 33.6 Å². The van der Waals surface area contributed by atoms with Gasteiger partial charge in [0.05, 0.1) is 12.2 Å². The van der Waals surface area contributed by atoms with Crippen molar-refractivity contribution >= 4 is 0 Å². The Labute approximate surface area is 99.8 Å². The van der Waals surface area contributed by atoms with Crippen LogP contribution in [0.5, 0.6) is 0 Å². The fraction of sp³-hybridized carbons (Fsp3) is 1.00. The van der Waals surface area contributed by atoms with E-state index in [1.807, 2.05) is 6.92 Å². The minimum Gasteiger partial charge on any atom is -0.389 e. The van der Waals surface area contributed by atoms with Crippen molar-refractivity contribution < 1.29 is 9.84 Å². The van der Waals surface area contributed by atoms with Crippen LogP contribution in [0, 0.1) is 11.8 Å². The number of nitrogens with zero attached hydrogens (tertiary/aromatic N) is 1. The Bertz CT molecular complexity index is 202. The molecule has 0 saturated carbocycles. The summed E-state index contributed by atoms with van der Waals surface area (Å²) in [5, 5.41) is 10.3. The summed E-state index contributed by atoms with van der Waals surface area (Å²) in [4.78, 5) is 2.38. The summed E-state index contributed by atoms with van der Waals surface area (Å²) in [5.74, 6) is 0.942. The second-order valence-electron chi connectivity index (χ2n) is 5.71. The van der Waals surface area contributed by atoms with Gasteiger partial charge in [0.25, 0.3) is 0 Å². The minimum absolute atomic E-state index is 0.301. The molecule has 2 atom stereocenters. The quantitative estimate of drug-likeness (QED) is 0.779. The molecule has 0 aromatic carbocycles. The summed E-state index contributed by atoms with van der Waals surface area (Å²) < 4.78 is 5.22. The first-order valence-electron chi connectivity index (χ1n) is 6.39. The van der Waals surface area contributed by atoms with Gasteiger partial charge in [-0.25, -0.2) is 0 Å². The van der Waals surface area contributed by atoms with E-state index in [1.165, 1.54) is 12.8 Å². The molecule has 2 unspecified atom stereocenters. The maximum Gasteiger partial charge on any atom is 0.0768 e. The molecule has 0 bridgehead atoms. The molecule has 0 aromatic heterocycles. The number of hydrogen-bond donors (Lipinski definition) is 1. The van der Waals surface area contributed by atoms with E-state index < -0.39 is 5.60 Å². The van der Waals surface area contributed by atoms with Crippen LogP contribution < -0.4 is 0 Å². The van der Waals surface area contributed by atoms with E-state index in [4.69, 9.17) is 4.74 Å². The molecule has 0 aromatic rings. The Morgan fingerprint density at radius 3 is 2.75 bits per heavy atom. The fourth-order valence-electron chi connectivity index (χ4n) is 2.30. The van der Waals surface area contributed by atoms with E-state index in [0.29, 0.717) is 11.8 Å². The highest BCUT2D eigenvalue weighted by molar-refractivity contribution is 4.83. The SMILES string of the molecule is COCC1CCCN(CC(C)(O)C(C)C)C1. The molecule has 1 fully saturated rings. The average Bonchev–Trinajstić information content (AvgIpc) is 2.17. The molecule has 1 aliphatic heterocycles. The number of hydrogen-bond acceptors (Lipinski definition) is 3. The number of rotatable bonds is 5. The summed E-state index contributed by atoms with van der Waals surface area (Å²) in [6.07, 6.45) is 2.48. The van der Waals surface area contributed by atoms with Gasteiger partial charge < -0.3 is 14.7 Å². The maximum absolute atomic E-state index is 10.3. The molecule has 0 radical (unpaired) electrons. The number of piperidine rings is 1. The van der Waals surface area contributed by atoms with Crippen molar-refractivity contribution in [2.24, 2.45) is 11.8 Å². The monoisotopic (exact) mass is 229 g/mol. The summed E-state index contributed by atoms with van der Waals surface area (Å²) in [5.41, 5.74) is -0.574. The van der Waals surface area contributed by atoms with Crippen molar-refractivity contribution in [3.05, 3.63) is 0 Å². The Hall–Kier alpha value is -0.120. The van der Waals surface area contributed by atoms with Gasteiger partial charge in [0.15, 0.2) is 0 Å². The average molecular weight is 229 g/mol. The zero-order valence-corrected chi connectivity index (χ0v) is 11.2. The first-order valence-corrected chi connectivity index (χ1v) is 6.39. The lowest BCUT2D eigenvalue weighted by Crippen LogP contribution is -2.48. The van der Waals surface area contributed by atoms with Gasteiger partial charge in [0.1, 0.15) is 0 Å². The van der Waals surface area contributed by atoms with Gasteiger partial charge in [-0.3, -0.25) is 0 Å². The second-order valence-corrected chi connectivity index (χ2v) is 5.71. The predicted octanol–water partition coefficient (Wildman–Crippen LogP) is 1.75. The molecule has 1 N–H and O–H groups in total. The van der Waals surface area contributed by atoms with Gasteiger partial charge >= 0.3 is 0 Å². The number of likely N-dealkylation sites (tertiary alicyclic amines) is 1. The van der Waals surface area contributed by atoms with E-state index >= 15 is 0 Å². The molecule has 1 rings (SSSR count). The zero-order chi connectivity index (χ0) is 12.2. The highest BCUT2D eigenvalue weighted by Gasteiger charge is 2.30. The third kappa shape index (κ3) is 4.04. The predicted molar refractivity (Wildman–Crippen MR) is 66.5 cm³/mol. The van der Waals surface area contributed by atoms with Gasteiger partial charge in [-0.15, -0.1) is 0 Å². The first kappa shape index (κ1) is 13.9. The molecule has 96 valence electrons. The third-order valence-corrected chi connectivity index (χ3v) is 3.79. The molecule has 0 amide bonds. The van der Waals surface area contributed by atoms with Crippen LogP contribution in [0.2, 0.25) is 0 Å². The van der Waals surface area contributed by atoms with Crippen LogP contribution in [0.15, 0.2) is 0 Å². The molecule has 0 spiro atoms. The summed E-state index contributed by atoms with van der Waals surface area (Å²) in [7, 11) is 1.77. The van der Waals surface area contributed by atoms with Crippen molar-refractivity contribution in [2.45, 2.75) is 39.2 Å². The van der Waals surface area contributed by atoms with Gasteiger partial charge in [-0.1, -0.05) is 13.8 Å². The molecular formula is C13H27NO2. The van der Waals surface area contributed by atoms with Gasteiger partial charge in [0.2, 0.25) is 0 Å². The standard InChI is InChI=1S/C13H27NO2/c1-11(2)13(3,15)10-14-7-5-6-12(8-14)9-16-4/h11-12,15H,5-10H2,1-4H3. The van der Waals surface area contributed by atoms with Crippen molar-refractivity contribution in [3.63, 3.8) is 0 Å². The Balaban J connectivity index is 2.42. The molecule has 1 heterocycles. The fourth-order valence-corrected chi connectivity index (χ4v) is 2.30. The Kier molecular flexibility index (Phi) is 5.22. The Morgan fingerprint density at radius 1 is 1.50 bits per heavy atom. The van der Waals surface area contributed by atoms with Crippen molar-refractivity contribution in [3.8, 4) is 0 Å². The van der Waals surface area contributed by atoms with Crippen LogP contribution in [-0.2, 0) is 4.74 Å². The molecule has 3 nitrogen and oxygen atoms in total. The number of ether oxygens (including phenoxy) is 1. The largest absolute Gasteiger partial charge is 0.389 e. The minimum atomic E-state index is -0.574. The van der Waals surface area contributed by atoms with Gasteiger partial charge in [0, 0.05) is 20.2 Å². The number of aliphatic hydroxyl groups is 1. The second kappa shape index (κ2) is 5.99. The zero-order valence-electron chi connectivity index (χ0n) is 11.2.